The van der Waals surface area contributed by atoms with Crippen LogP contribution in [0.3, 0.4) is 0 Å². The molecule has 1 aliphatic heterocycles. The average Bonchev–Trinajstić information content (AvgIpc) is 2.71. The number of nitrogens with one attached hydrogen (secondary N) is 1. The molecule has 88 valence electrons. The number of hydrogen-bond acceptors (Lipinski definition) is 2. The molecule has 15 heavy (non-hydrogen) atoms. The van der Waals surface area contributed by atoms with Gasteiger partial charge in [0.1, 0.15) is 0 Å². The van der Waals surface area contributed by atoms with Crippen molar-refractivity contribution < 1.29 is 4.74 Å². The van der Waals surface area contributed by atoms with E-state index >= 15 is 0 Å². The summed E-state index contributed by atoms with van der Waals surface area (Å²) < 4.78 is 5.40. The second-order valence-electron chi connectivity index (χ2n) is 5.73. The highest BCUT2D eigenvalue weighted by Gasteiger charge is 2.33. The highest BCUT2D eigenvalue weighted by molar-refractivity contribution is 4.91. The maximum Gasteiger partial charge on any atom is 0.0480 e. The van der Waals surface area contributed by atoms with E-state index in [4.69, 9.17) is 4.74 Å². The van der Waals surface area contributed by atoms with Gasteiger partial charge in [-0.2, -0.15) is 0 Å². The van der Waals surface area contributed by atoms with E-state index in [1.807, 2.05) is 0 Å². The molecule has 1 aliphatic carbocycles. The molecule has 0 unspecified atom stereocenters. The lowest BCUT2D eigenvalue weighted by Gasteiger charge is -2.38. The van der Waals surface area contributed by atoms with Crippen molar-refractivity contribution in [3.63, 3.8) is 0 Å². The second kappa shape index (κ2) is 4.84. The molecule has 0 aromatic heterocycles. The summed E-state index contributed by atoms with van der Waals surface area (Å²) >= 11 is 0. The van der Waals surface area contributed by atoms with E-state index in [1.54, 1.807) is 0 Å². The zero-order valence-corrected chi connectivity index (χ0v) is 10.2. The summed E-state index contributed by atoms with van der Waals surface area (Å²) in [6.45, 7) is 6.66. The second-order valence-corrected chi connectivity index (χ2v) is 5.73. The Morgan fingerprint density at radius 3 is 2.20 bits per heavy atom. The highest BCUT2D eigenvalue weighted by Crippen LogP contribution is 2.34. The van der Waals surface area contributed by atoms with Gasteiger partial charge in [-0.3, -0.25) is 0 Å². The van der Waals surface area contributed by atoms with Crippen LogP contribution >= 0.6 is 0 Å². The van der Waals surface area contributed by atoms with Gasteiger partial charge in [0, 0.05) is 24.8 Å². The molecule has 0 amide bonds. The Balaban J connectivity index is 1.84. The van der Waals surface area contributed by atoms with Gasteiger partial charge in [0.15, 0.2) is 0 Å². The minimum atomic E-state index is 0.332. The van der Waals surface area contributed by atoms with Crippen LogP contribution < -0.4 is 5.32 Å². The van der Waals surface area contributed by atoms with Gasteiger partial charge in [-0.1, -0.05) is 12.8 Å². The number of rotatable bonds is 3. The molecule has 0 radical (unpaired) electrons. The monoisotopic (exact) mass is 211 g/mol. The molecule has 1 saturated carbocycles. The van der Waals surface area contributed by atoms with Gasteiger partial charge in [0.25, 0.3) is 0 Å². The molecule has 1 N–H and O–H groups in total. The maximum atomic E-state index is 5.40. The molecule has 2 rings (SSSR count). The van der Waals surface area contributed by atoms with Crippen LogP contribution in [-0.4, -0.2) is 24.8 Å². The van der Waals surface area contributed by atoms with Gasteiger partial charge < -0.3 is 10.1 Å². The topological polar surface area (TPSA) is 21.3 Å². The fourth-order valence-corrected chi connectivity index (χ4v) is 3.13. The van der Waals surface area contributed by atoms with Gasteiger partial charge in [-0.15, -0.1) is 0 Å². The Morgan fingerprint density at radius 2 is 1.60 bits per heavy atom. The quantitative estimate of drug-likeness (QED) is 0.775. The van der Waals surface area contributed by atoms with Gasteiger partial charge in [-0.05, 0) is 45.4 Å². The molecule has 0 aromatic carbocycles. The molecular formula is C13H25NO. The molecule has 1 heterocycles. The molecule has 2 heteroatoms. The maximum absolute atomic E-state index is 5.40. The zero-order valence-electron chi connectivity index (χ0n) is 10.2. The van der Waals surface area contributed by atoms with Crippen LogP contribution in [0.5, 0.6) is 0 Å². The summed E-state index contributed by atoms with van der Waals surface area (Å²) in [6, 6.07) is 0.689. The van der Waals surface area contributed by atoms with Crippen LogP contribution in [0.4, 0.5) is 0 Å². The lowest BCUT2D eigenvalue weighted by Crippen LogP contribution is -2.51. The van der Waals surface area contributed by atoms with E-state index in [1.165, 1.54) is 38.5 Å². The standard InChI is InChI=1S/C13H25NO/c1-13(2,11-5-3-4-6-11)14-12-7-9-15-10-8-12/h11-12,14H,3-10H2,1-2H3. The third-order valence-electron chi connectivity index (χ3n) is 4.17. The predicted octanol–water partition coefficient (Wildman–Crippen LogP) is 2.72. The van der Waals surface area contributed by atoms with E-state index in [9.17, 15) is 0 Å². The molecule has 0 bridgehead atoms. The Hall–Kier alpha value is -0.0800. The minimum absolute atomic E-state index is 0.332. The van der Waals surface area contributed by atoms with Crippen molar-refractivity contribution in [1.29, 1.82) is 0 Å². The van der Waals surface area contributed by atoms with E-state index < -0.39 is 0 Å². The normalized spacial score (nSPS) is 26.0. The zero-order chi connectivity index (χ0) is 10.7. The van der Waals surface area contributed by atoms with Crippen LogP contribution in [0.15, 0.2) is 0 Å². The van der Waals surface area contributed by atoms with E-state index in [0.29, 0.717) is 11.6 Å². The summed E-state index contributed by atoms with van der Waals surface area (Å²) in [7, 11) is 0. The first kappa shape index (κ1) is 11.4. The smallest absolute Gasteiger partial charge is 0.0480 e. The van der Waals surface area contributed by atoms with E-state index in [0.717, 1.165) is 19.1 Å². The van der Waals surface area contributed by atoms with E-state index in [2.05, 4.69) is 19.2 Å². The van der Waals surface area contributed by atoms with Gasteiger partial charge >= 0.3 is 0 Å². The van der Waals surface area contributed by atoms with E-state index in [-0.39, 0.29) is 0 Å². The molecule has 0 aromatic rings. The molecular weight excluding hydrogens is 186 g/mol. The Kier molecular flexibility index (Phi) is 3.68. The van der Waals surface area contributed by atoms with Gasteiger partial charge in [0.05, 0.1) is 0 Å². The molecule has 2 nitrogen and oxygen atoms in total. The van der Waals surface area contributed by atoms with Crippen molar-refractivity contribution >= 4 is 0 Å². The largest absolute Gasteiger partial charge is 0.381 e. The van der Waals surface area contributed by atoms with Crippen molar-refractivity contribution in [3.8, 4) is 0 Å². The predicted molar refractivity (Wildman–Crippen MR) is 63.0 cm³/mol. The molecule has 0 spiro atoms. The lowest BCUT2D eigenvalue weighted by molar-refractivity contribution is 0.0644. The summed E-state index contributed by atoms with van der Waals surface area (Å²) in [6.07, 6.45) is 8.09. The summed E-state index contributed by atoms with van der Waals surface area (Å²) in [4.78, 5) is 0. The average molecular weight is 211 g/mol. The van der Waals surface area contributed by atoms with Crippen molar-refractivity contribution in [2.24, 2.45) is 5.92 Å². The van der Waals surface area contributed by atoms with Crippen LogP contribution in [-0.2, 0) is 4.74 Å². The van der Waals surface area contributed by atoms with Crippen LogP contribution in [0.2, 0.25) is 0 Å². The van der Waals surface area contributed by atoms with Crippen molar-refractivity contribution in [2.45, 2.75) is 64.0 Å². The summed E-state index contributed by atoms with van der Waals surface area (Å²) in [5, 5.41) is 3.86. The minimum Gasteiger partial charge on any atom is -0.381 e. The van der Waals surface area contributed by atoms with Crippen molar-refractivity contribution in [1.82, 2.24) is 5.32 Å². The number of ether oxygens (including phenoxy) is 1. The van der Waals surface area contributed by atoms with Crippen LogP contribution in [0.25, 0.3) is 0 Å². The third-order valence-corrected chi connectivity index (χ3v) is 4.17. The van der Waals surface area contributed by atoms with Gasteiger partial charge in [-0.25, -0.2) is 0 Å². The van der Waals surface area contributed by atoms with Gasteiger partial charge in [0.2, 0.25) is 0 Å². The van der Waals surface area contributed by atoms with Crippen molar-refractivity contribution in [2.75, 3.05) is 13.2 Å². The highest BCUT2D eigenvalue weighted by atomic mass is 16.5. The number of hydrogen-bond donors (Lipinski definition) is 1. The summed E-state index contributed by atoms with van der Waals surface area (Å²) in [5.74, 6) is 0.889. The molecule has 2 aliphatic rings. The van der Waals surface area contributed by atoms with Crippen molar-refractivity contribution in [3.05, 3.63) is 0 Å². The summed E-state index contributed by atoms with van der Waals surface area (Å²) in [5.41, 5.74) is 0.332. The fourth-order valence-electron chi connectivity index (χ4n) is 3.13. The Morgan fingerprint density at radius 1 is 1.00 bits per heavy atom. The Labute approximate surface area is 93.8 Å². The third kappa shape index (κ3) is 2.94. The first-order valence-electron chi connectivity index (χ1n) is 6.54. The fraction of sp³-hybridized carbons (Fsp3) is 1.00. The Bertz CT molecular complexity index is 191. The molecule has 2 fully saturated rings. The first-order chi connectivity index (χ1) is 7.18. The first-order valence-corrected chi connectivity index (χ1v) is 6.54. The van der Waals surface area contributed by atoms with Crippen LogP contribution in [0, 0.1) is 5.92 Å². The molecule has 1 saturated heterocycles. The lowest BCUT2D eigenvalue weighted by atomic mass is 9.85. The van der Waals surface area contributed by atoms with Crippen LogP contribution in [0.1, 0.15) is 52.4 Å². The molecule has 0 atom stereocenters. The SMILES string of the molecule is CC(C)(NC1CCOCC1)C1CCCC1.